The maximum Gasteiger partial charge on any atom is 0.275 e. The van der Waals surface area contributed by atoms with Crippen molar-refractivity contribution in [1.82, 2.24) is 9.97 Å². The van der Waals surface area contributed by atoms with E-state index in [2.05, 4.69) is 27.5 Å². The number of hydrogen-bond acceptors (Lipinski definition) is 5. The summed E-state index contributed by atoms with van der Waals surface area (Å²) in [6.07, 6.45) is 4.00. The molecular formula is C21H21ClN4O2. The Labute approximate surface area is 168 Å². The van der Waals surface area contributed by atoms with E-state index >= 15 is 0 Å². The molecule has 0 fully saturated rings. The van der Waals surface area contributed by atoms with E-state index in [1.165, 1.54) is 6.20 Å². The lowest BCUT2D eigenvalue weighted by Gasteiger charge is -2.09. The van der Waals surface area contributed by atoms with Crippen LogP contribution in [0, 0.1) is 0 Å². The minimum atomic E-state index is -0.315. The summed E-state index contributed by atoms with van der Waals surface area (Å²) < 4.78 is 5.74. The third-order valence-electron chi connectivity index (χ3n) is 3.87. The fraction of sp³-hybridized carbons (Fsp3) is 0.190. The van der Waals surface area contributed by atoms with Crippen LogP contribution < -0.4 is 15.4 Å². The highest BCUT2D eigenvalue weighted by atomic mass is 35.5. The van der Waals surface area contributed by atoms with Gasteiger partial charge in [-0.2, -0.15) is 0 Å². The molecule has 0 spiro atoms. The SMILES string of the molecule is CCCNc1cnc(C(=O)Nc2ccc(OCc3ccc(Cl)cc3)cc2)cn1. The summed E-state index contributed by atoms with van der Waals surface area (Å²) in [5.41, 5.74) is 1.93. The zero-order valence-electron chi connectivity index (χ0n) is 15.5. The van der Waals surface area contributed by atoms with Gasteiger partial charge in [-0.1, -0.05) is 30.7 Å². The summed E-state index contributed by atoms with van der Waals surface area (Å²) in [6, 6.07) is 14.6. The van der Waals surface area contributed by atoms with Crippen LogP contribution in [0.1, 0.15) is 29.4 Å². The van der Waals surface area contributed by atoms with E-state index in [1.54, 1.807) is 30.5 Å². The van der Waals surface area contributed by atoms with Crippen molar-refractivity contribution in [2.45, 2.75) is 20.0 Å². The van der Waals surface area contributed by atoms with Crippen molar-refractivity contribution in [1.29, 1.82) is 0 Å². The number of anilines is 2. The second-order valence-electron chi connectivity index (χ2n) is 6.11. The zero-order chi connectivity index (χ0) is 19.8. The zero-order valence-corrected chi connectivity index (χ0v) is 16.2. The van der Waals surface area contributed by atoms with E-state index in [1.807, 2.05) is 24.3 Å². The normalized spacial score (nSPS) is 10.4. The molecule has 2 aromatic carbocycles. The Bertz CT molecular complexity index is 897. The molecule has 0 bridgehead atoms. The maximum absolute atomic E-state index is 12.3. The maximum atomic E-state index is 12.3. The van der Waals surface area contributed by atoms with E-state index in [9.17, 15) is 4.79 Å². The second-order valence-corrected chi connectivity index (χ2v) is 6.54. The first-order valence-corrected chi connectivity index (χ1v) is 9.36. The van der Waals surface area contributed by atoms with E-state index < -0.39 is 0 Å². The predicted molar refractivity (Wildman–Crippen MR) is 111 cm³/mol. The smallest absolute Gasteiger partial charge is 0.275 e. The number of benzene rings is 2. The lowest BCUT2D eigenvalue weighted by atomic mass is 10.2. The average molecular weight is 397 g/mol. The van der Waals surface area contributed by atoms with Crippen molar-refractivity contribution in [3.8, 4) is 5.75 Å². The number of hydrogen-bond donors (Lipinski definition) is 2. The van der Waals surface area contributed by atoms with Gasteiger partial charge >= 0.3 is 0 Å². The number of aromatic nitrogens is 2. The van der Waals surface area contributed by atoms with Gasteiger partial charge in [0.25, 0.3) is 5.91 Å². The van der Waals surface area contributed by atoms with Gasteiger partial charge in [0.15, 0.2) is 0 Å². The van der Waals surface area contributed by atoms with Crippen LogP contribution in [0.15, 0.2) is 60.9 Å². The molecule has 7 heteroatoms. The highest BCUT2D eigenvalue weighted by Gasteiger charge is 2.08. The van der Waals surface area contributed by atoms with Crippen LogP contribution in [-0.4, -0.2) is 22.4 Å². The van der Waals surface area contributed by atoms with Gasteiger partial charge < -0.3 is 15.4 Å². The van der Waals surface area contributed by atoms with Crippen LogP contribution in [0.4, 0.5) is 11.5 Å². The molecule has 0 aliphatic carbocycles. The molecule has 0 saturated heterocycles. The molecule has 0 saturated carbocycles. The summed E-state index contributed by atoms with van der Waals surface area (Å²) in [5, 5.41) is 6.61. The Balaban J connectivity index is 1.53. The van der Waals surface area contributed by atoms with Gasteiger partial charge in [-0.25, -0.2) is 9.97 Å². The van der Waals surface area contributed by atoms with Gasteiger partial charge in [-0.15, -0.1) is 0 Å². The Morgan fingerprint density at radius 3 is 2.43 bits per heavy atom. The van der Waals surface area contributed by atoms with Crippen LogP contribution in [-0.2, 0) is 6.61 Å². The van der Waals surface area contributed by atoms with Gasteiger partial charge in [-0.3, -0.25) is 4.79 Å². The molecule has 3 aromatic rings. The Hall–Kier alpha value is -3.12. The summed E-state index contributed by atoms with van der Waals surface area (Å²) in [7, 11) is 0. The molecule has 0 unspecified atom stereocenters. The number of carbonyl (C=O) groups is 1. The summed E-state index contributed by atoms with van der Waals surface area (Å²) in [5.74, 6) is 1.05. The number of ether oxygens (including phenoxy) is 1. The van der Waals surface area contributed by atoms with Gasteiger partial charge in [0.05, 0.1) is 12.4 Å². The number of halogens is 1. The van der Waals surface area contributed by atoms with Gasteiger partial charge in [0, 0.05) is 17.3 Å². The van der Waals surface area contributed by atoms with Crippen molar-refractivity contribution in [3.63, 3.8) is 0 Å². The number of nitrogens with zero attached hydrogens (tertiary/aromatic N) is 2. The second kappa shape index (κ2) is 9.71. The number of amides is 1. The molecule has 0 radical (unpaired) electrons. The number of rotatable bonds is 8. The van der Waals surface area contributed by atoms with Gasteiger partial charge in [-0.05, 0) is 48.4 Å². The summed E-state index contributed by atoms with van der Waals surface area (Å²) >= 11 is 5.87. The lowest BCUT2D eigenvalue weighted by Crippen LogP contribution is -2.14. The van der Waals surface area contributed by atoms with E-state index in [0.29, 0.717) is 28.9 Å². The van der Waals surface area contributed by atoms with E-state index in [-0.39, 0.29) is 11.6 Å². The highest BCUT2D eigenvalue weighted by molar-refractivity contribution is 6.30. The predicted octanol–water partition coefficient (Wildman–Crippen LogP) is 4.78. The van der Waals surface area contributed by atoms with Crippen LogP contribution in [0.5, 0.6) is 5.75 Å². The average Bonchev–Trinajstić information content (AvgIpc) is 2.73. The quantitative estimate of drug-likeness (QED) is 0.572. The van der Waals surface area contributed by atoms with Crippen molar-refractivity contribution in [3.05, 3.63) is 77.2 Å². The fourth-order valence-electron chi connectivity index (χ4n) is 2.37. The summed E-state index contributed by atoms with van der Waals surface area (Å²) in [6.45, 7) is 3.32. The molecule has 28 heavy (non-hydrogen) atoms. The number of carbonyl (C=O) groups excluding carboxylic acids is 1. The first-order chi connectivity index (χ1) is 13.6. The fourth-order valence-corrected chi connectivity index (χ4v) is 2.49. The van der Waals surface area contributed by atoms with Crippen LogP contribution in [0.2, 0.25) is 5.02 Å². The molecule has 6 nitrogen and oxygen atoms in total. The van der Waals surface area contributed by atoms with Crippen molar-refractivity contribution in [2.75, 3.05) is 17.2 Å². The first kappa shape index (κ1) is 19.6. The molecule has 1 heterocycles. The first-order valence-electron chi connectivity index (χ1n) is 8.98. The van der Waals surface area contributed by atoms with Crippen LogP contribution in [0.3, 0.4) is 0 Å². The largest absolute Gasteiger partial charge is 0.489 e. The Morgan fingerprint density at radius 2 is 1.79 bits per heavy atom. The van der Waals surface area contributed by atoms with Crippen molar-refractivity contribution in [2.24, 2.45) is 0 Å². The monoisotopic (exact) mass is 396 g/mol. The molecule has 0 aliphatic rings. The highest BCUT2D eigenvalue weighted by Crippen LogP contribution is 2.18. The molecule has 0 aliphatic heterocycles. The topological polar surface area (TPSA) is 76.1 Å². The standard InChI is InChI=1S/C21H21ClN4O2/c1-2-11-23-20-13-24-19(12-25-20)21(27)26-17-7-9-18(10-8-17)28-14-15-3-5-16(22)6-4-15/h3-10,12-13H,2,11,14H2,1H3,(H,23,25)(H,26,27). The van der Waals surface area contributed by atoms with Crippen molar-refractivity contribution >= 4 is 29.0 Å². The van der Waals surface area contributed by atoms with Gasteiger partial charge in [0.2, 0.25) is 0 Å². The molecular weight excluding hydrogens is 376 g/mol. The summed E-state index contributed by atoms with van der Waals surface area (Å²) in [4.78, 5) is 20.6. The van der Waals surface area contributed by atoms with E-state index in [0.717, 1.165) is 18.5 Å². The lowest BCUT2D eigenvalue weighted by molar-refractivity contribution is 0.102. The molecule has 2 N–H and O–H groups in total. The van der Waals surface area contributed by atoms with Gasteiger partial charge in [0.1, 0.15) is 23.9 Å². The third-order valence-corrected chi connectivity index (χ3v) is 4.12. The minimum Gasteiger partial charge on any atom is -0.489 e. The molecule has 1 aromatic heterocycles. The third kappa shape index (κ3) is 5.69. The molecule has 0 atom stereocenters. The Kier molecular flexibility index (Phi) is 6.81. The van der Waals surface area contributed by atoms with Crippen molar-refractivity contribution < 1.29 is 9.53 Å². The molecule has 1 amide bonds. The Morgan fingerprint density at radius 1 is 1.04 bits per heavy atom. The molecule has 3 rings (SSSR count). The molecule has 144 valence electrons. The number of nitrogens with one attached hydrogen (secondary N) is 2. The minimum absolute atomic E-state index is 0.255. The van der Waals surface area contributed by atoms with E-state index in [4.69, 9.17) is 16.3 Å². The van der Waals surface area contributed by atoms with Crippen LogP contribution >= 0.6 is 11.6 Å². The van der Waals surface area contributed by atoms with Crippen LogP contribution in [0.25, 0.3) is 0 Å².